The van der Waals surface area contributed by atoms with Crippen LogP contribution in [0.5, 0.6) is 11.5 Å². The van der Waals surface area contributed by atoms with E-state index in [0.717, 1.165) is 5.69 Å². The van der Waals surface area contributed by atoms with Crippen LogP contribution in [0.2, 0.25) is 0 Å². The van der Waals surface area contributed by atoms with E-state index in [2.05, 4.69) is 4.57 Å². The number of aromatic nitrogens is 1. The summed E-state index contributed by atoms with van der Waals surface area (Å²) in [6.07, 6.45) is 1.97. The van der Waals surface area contributed by atoms with E-state index in [0.29, 0.717) is 24.6 Å². The highest BCUT2D eigenvalue weighted by Gasteiger charge is 2.35. The fraction of sp³-hybridized carbons (Fsp3) is 0.375. The molecule has 2 aromatic rings. The molecule has 0 aliphatic carbocycles. The molecule has 7 heteroatoms. The lowest BCUT2D eigenvalue weighted by Gasteiger charge is -2.34. The first-order valence-electron chi connectivity index (χ1n) is 7.38. The first-order chi connectivity index (χ1) is 11.0. The van der Waals surface area contributed by atoms with Crippen LogP contribution in [0.15, 0.2) is 41.4 Å². The molecule has 0 spiro atoms. The second-order valence-electron chi connectivity index (χ2n) is 5.43. The standard InChI is InChI=1S/C16H20N2O4S/c1-12-14-5-4-8-17(14)9-10-18(12)23(19,20)16-11-13(21-2)6-7-15(16)22-3/h4-8,11-12H,9-10H2,1-3H3/t12-/m1/s1. The van der Waals surface area contributed by atoms with Gasteiger partial charge in [0.15, 0.2) is 0 Å². The number of methoxy groups -OCH3 is 2. The third-order valence-electron chi connectivity index (χ3n) is 4.24. The van der Waals surface area contributed by atoms with Crippen molar-refractivity contribution in [1.29, 1.82) is 0 Å². The predicted octanol–water partition coefficient (Wildman–Crippen LogP) is 2.27. The zero-order valence-corrected chi connectivity index (χ0v) is 14.2. The molecule has 1 atom stereocenters. The average molecular weight is 336 g/mol. The van der Waals surface area contributed by atoms with Gasteiger partial charge < -0.3 is 14.0 Å². The normalized spacial score (nSPS) is 18.5. The van der Waals surface area contributed by atoms with Crippen LogP contribution in [0.4, 0.5) is 0 Å². The smallest absolute Gasteiger partial charge is 0.247 e. The topological polar surface area (TPSA) is 60.8 Å². The average Bonchev–Trinajstić information content (AvgIpc) is 3.03. The van der Waals surface area contributed by atoms with E-state index in [1.807, 2.05) is 25.3 Å². The molecule has 0 N–H and O–H groups in total. The summed E-state index contributed by atoms with van der Waals surface area (Å²) in [5.41, 5.74) is 0.988. The van der Waals surface area contributed by atoms with Gasteiger partial charge in [0.05, 0.1) is 20.3 Å². The SMILES string of the molecule is COc1ccc(OC)c(S(=O)(=O)N2CCn3cccc3[C@H]2C)c1. The first kappa shape index (κ1) is 15.9. The van der Waals surface area contributed by atoms with Crippen LogP contribution in [0, 0.1) is 0 Å². The van der Waals surface area contributed by atoms with Crippen molar-refractivity contribution in [2.75, 3.05) is 20.8 Å². The fourth-order valence-corrected chi connectivity index (χ4v) is 4.77. The molecule has 23 heavy (non-hydrogen) atoms. The molecule has 0 saturated carbocycles. The summed E-state index contributed by atoms with van der Waals surface area (Å²) < 4.78 is 40.3. The molecule has 1 aromatic heterocycles. The molecule has 6 nitrogen and oxygen atoms in total. The summed E-state index contributed by atoms with van der Waals surface area (Å²) in [4.78, 5) is 0.131. The Labute approximate surface area is 136 Å². The van der Waals surface area contributed by atoms with E-state index in [4.69, 9.17) is 9.47 Å². The third kappa shape index (κ3) is 2.60. The predicted molar refractivity (Wildman–Crippen MR) is 86.3 cm³/mol. The number of rotatable bonds is 4. The van der Waals surface area contributed by atoms with Crippen LogP contribution >= 0.6 is 0 Å². The van der Waals surface area contributed by atoms with Gasteiger partial charge in [-0.15, -0.1) is 0 Å². The molecule has 0 unspecified atom stereocenters. The number of hydrogen-bond acceptors (Lipinski definition) is 4. The second-order valence-corrected chi connectivity index (χ2v) is 7.29. The molecular formula is C16H20N2O4S. The van der Waals surface area contributed by atoms with Crippen LogP contribution in [0.1, 0.15) is 18.7 Å². The minimum absolute atomic E-state index is 0.131. The Morgan fingerprint density at radius 2 is 1.91 bits per heavy atom. The molecule has 0 radical (unpaired) electrons. The van der Waals surface area contributed by atoms with Gasteiger partial charge in [-0.1, -0.05) is 0 Å². The Balaban J connectivity index is 2.06. The zero-order valence-electron chi connectivity index (χ0n) is 13.4. The van der Waals surface area contributed by atoms with Crippen molar-refractivity contribution in [2.45, 2.75) is 24.4 Å². The molecule has 0 fully saturated rings. The highest BCUT2D eigenvalue weighted by molar-refractivity contribution is 7.89. The largest absolute Gasteiger partial charge is 0.497 e. The maximum absolute atomic E-state index is 13.2. The zero-order chi connectivity index (χ0) is 16.6. The third-order valence-corrected chi connectivity index (χ3v) is 6.23. The molecule has 1 aliphatic rings. The van der Waals surface area contributed by atoms with Crippen molar-refractivity contribution >= 4 is 10.0 Å². The molecule has 3 rings (SSSR count). The number of sulfonamides is 1. The minimum Gasteiger partial charge on any atom is -0.497 e. The highest BCUT2D eigenvalue weighted by atomic mass is 32.2. The van der Waals surface area contributed by atoms with Gasteiger partial charge in [-0.3, -0.25) is 0 Å². The van der Waals surface area contributed by atoms with E-state index in [1.54, 1.807) is 12.1 Å². The highest BCUT2D eigenvalue weighted by Crippen LogP contribution is 2.36. The molecular weight excluding hydrogens is 316 g/mol. The van der Waals surface area contributed by atoms with Gasteiger partial charge in [0.25, 0.3) is 0 Å². The Morgan fingerprint density at radius 1 is 1.13 bits per heavy atom. The Hall–Kier alpha value is -1.99. The molecule has 0 saturated heterocycles. The molecule has 0 bridgehead atoms. The van der Waals surface area contributed by atoms with Crippen LogP contribution < -0.4 is 9.47 Å². The summed E-state index contributed by atoms with van der Waals surface area (Å²) in [7, 11) is -0.720. The summed E-state index contributed by atoms with van der Waals surface area (Å²) in [5, 5.41) is 0. The van der Waals surface area contributed by atoms with Crippen LogP contribution in [-0.2, 0) is 16.6 Å². The molecule has 2 heterocycles. The molecule has 1 aromatic carbocycles. The second kappa shape index (κ2) is 5.90. The molecule has 1 aliphatic heterocycles. The number of hydrogen-bond donors (Lipinski definition) is 0. The maximum atomic E-state index is 13.2. The van der Waals surface area contributed by atoms with Crippen LogP contribution in [0.25, 0.3) is 0 Å². The Kier molecular flexibility index (Phi) is 4.08. The summed E-state index contributed by atoms with van der Waals surface area (Å²) in [6, 6.07) is 8.46. The van der Waals surface area contributed by atoms with E-state index >= 15 is 0 Å². The van der Waals surface area contributed by atoms with Crippen molar-refractivity contribution in [1.82, 2.24) is 8.87 Å². The van der Waals surface area contributed by atoms with E-state index in [9.17, 15) is 8.42 Å². The number of nitrogens with zero attached hydrogens (tertiary/aromatic N) is 2. The van der Waals surface area contributed by atoms with E-state index < -0.39 is 10.0 Å². The van der Waals surface area contributed by atoms with Crippen LogP contribution in [-0.4, -0.2) is 38.1 Å². The lowest BCUT2D eigenvalue weighted by atomic mass is 10.2. The quantitative estimate of drug-likeness (QED) is 0.859. The van der Waals surface area contributed by atoms with Gasteiger partial charge in [-0.25, -0.2) is 8.42 Å². The van der Waals surface area contributed by atoms with Crippen molar-refractivity contribution in [3.8, 4) is 11.5 Å². The van der Waals surface area contributed by atoms with Gasteiger partial charge in [0.1, 0.15) is 16.4 Å². The van der Waals surface area contributed by atoms with Gasteiger partial charge >= 0.3 is 0 Å². The lowest BCUT2D eigenvalue weighted by molar-refractivity contribution is 0.281. The fourth-order valence-electron chi connectivity index (χ4n) is 3.00. The van der Waals surface area contributed by atoms with Crippen molar-refractivity contribution in [2.24, 2.45) is 0 Å². The lowest BCUT2D eigenvalue weighted by Crippen LogP contribution is -2.40. The van der Waals surface area contributed by atoms with Crippen LogP contribution in [0.3, 0.4) is 0 Å². The number of benzene rings is 1. The van der Waals surface area contributed by atoms with Gasteiger partial charge in [-0.2, -0.15) is 4.31 Å². The van der Waals surface area contributed by atoms with E-state index in [1.165, 1.54) is 24.6 Å². The maximum Gasteiger partial charge on any atom is 0.247 e. The summed E-state index contributed by atoms with van der Waals surface area (Å²) in [5.74, 6) is 0.802. The summed E-state index contributed by atoms with van der Waals surface area (Å²) in [6.45, 7) is 2.96. The van der Waals surface area contributed by atoms with Gasteiger partial charge in [0.2, 0.25) is 10.0 Å². The molecule has 0 amide bonds. The van der Waals surface area contributed by atoms with E-state index in [-0.39, 0.29) is 10.9 Å². The number of fused-ring (bicyclic) bond motifs is 1. The monoisotopic (exact) mass is 336 g/mol. The minimum atomic E-state index is -3.69. The van der Waals surface area contributed by atoms with Crippen molar-refractivity contribution < 1.29 is 17.9 Å². The Bertz CT molecular complexity index is 813. The van der Waals surface area contributed by atoms with Crippen molar-refractivity contribution in [3.05, 3.63) is 42.2 Å². The van der Waals surface area contributed by atoms with Gasteiger partial charge in [0, 0.05) is 31.0 Å². The molecule has 124 valence electrons. The first-order valence-corrected chi connectivity index (χ1v) is 8.82. The Morgan fingerprint density at radius 3 is 2.61 bits per heavy atom. The number of ether oxygens (including phenoxy) is 2. The summed E-state index contributed by atoms with van der Waals surface area (Å²) >= 11 is 0. The van der Waals surface area contributed by atoms with Crippen molar-refractivity contribution in [3.63, 3.8) is 0 Å². The van der Waals surface area contributed by atoms with Gasteiger partial charge in [-0.05, 0) is 31.2 Å².